The van der Waals surface area contributed by atoms with Crippen LogP contribution in [0.1, 0.15) is 39.2 Å². The third-order valence-corrected chi connectivity index (χ3v) is 5.21. The second-order valence-corrected chi connectivity index (χ2v) is 8.49. The van der Waals surface area contributed by atoms with Crippen LogP contribution in [-0.4, -0.2) is 33.2 Å². The number of carbonyl (C=O) groups excluding carboxylic acids is 1. The highest BCUT2D eigenvalue weighted by Crippen LogP contribution is 2.32. The molecule has 0 bridgehead atoms. The number of rotatable bonds is 8. The minimum Gasteiger partial charge on any atom is -0.353 e. The van der Waals surface area contributed by atoms with Crippen LogP contribution in [0, 0.1) is 5.92 Å². The molecule has 9 heteroatoms. The van der Waals surface area contributed by atoms with Crippen molar-refractivity contribution in [2.45, 2.75) is 45.8 Å². The van der Waals surface area contributed by atoms with Gasteiger partial charge in [-0.25, -0.2) is 8.42 Å². The summed E-state index contributed by atoms with van der Waals surface area (Å²) in [6.45, 7) is 5.71. The number of nitrogens with one attached hydrogen (secondary N) is 1. The van der Waals surface area contributed by atoms with Crippen LogP contribution >= 0.6 is 0 Å². The van der Waals surface area contributed by atoms with E-state index < -0.39 is 21.8 Å². The molecule has 1 aromatic rings. The molecule has 148 valence electrons. The van der Waals surface area contributed by atoms with Crippen molar-refractivity contribution in [3.8, 4) is 0 Å². The van der Waals surface area contributed by atoms with Crippen molar-refractivity contribution in [3.05, 3.63) is 29.8 Å². The van der Waals surface area contributed by atoms with Crippen LogP contribution in [0.3, 0.4) is 0 Å². The first-order valence-electron chi connectivity index (χ1n) is 8.26. The van der Waals surface area contributed by atoms with E-state index in [1.807, 2.05) is 20.8 Å². The first-order chi connectivity index (χ1) is 11.8. The van der Waals surface area contributed by atoms with Gasteiger partial charge in [0.05, 0.1) is 17.5 Å². The molecule has 0 aliphatic heterocycles. The lowest BCUT2D eigenvalue weighted by molar-refractivity contribution is -0.137. The average molecular weight is 394 g/mol. The van der Waals surface area contributed by atoms with Crippen LogP contribution < -0.4 is 9.62 Å². The lowest BCUT2D eigenvalue weighted by Gasteiger charge is -2.23. The number of anilines is 1. The summed E-state index contributed by atoms with van der Waals surface area (Å²) in [6.07, 6.45) is -3.36. The van der Waals surface area contributed by atoms with Crippen LogP contribution in [0.2, 0.25) is 0 Å². The van der Waals surface area contributed by atoms with Crippen molar-refractivity contribution in [1.29, 1.82) is 0 Å². The van der Waals surface area contributed by atoms with Gasteiger partial charge in [-0.15, -0.1) is 0 Å². The second-order valence-electron chi connectivity index (χ2n) is 6.59. The summed E-state index contributed by atoms with van der Waals surface area (Å²) in [4.78, 5) is 11.9. The summed E-state index contributed by atoms with van der Waals surface area (Å²) in [7, 11) is -3.78. The Kier molecular flexibility index (Phi) is 7.49. The second kappa shape index (κ2) is 8.75. The minimum atomic E-state index is -4.56. The number of halogens is 3. The molecular weight excluding hydrogens is 369 g/mol. The van der Waals surface area contributed by atoms with E-state index in [1.54, 1.807) is 0 Å². The lowest BCUT2D eigenvalue weighted by Crippen LogP contribution is -2.37. The number of benzene rings is 1. The Balaban J connectivity index is 2.83. The van der Waals surface area contributed by atoms with Gasteiger partial charge >= 0.3 is 6.18 Å². The zero-order valence-electron chi connectivity index (χ0n) is 15.3. The zero-order chi connectivity index (χ0) is 20.1. The van der Waals surface area contributed by atoms with Gasteiger partial charge in [-0.1, -0.05) is 19.9 Å². The van der Waals surface area contributed by atoms with Gasteiger partial charge in [0, 0.05) is 19.0 Å². The van der Waals surface area contributed by atoms with Crippen LogP contribution in [0.15, 0.2) is 24.3 Å². The molecule has 0 aromatic heterocycles. The van der Waals surface area contributed by atoms with Gasteiger partial charge in [-0.2, -0.15) is 13.2 Å². The largest absolute Gasteiger partial charge is 0.416 e. The topological polar surface area (TPSA) is 66.5 Å². The first kappa shape index (κ1) is 22.3. The van der Waals surface area contributed by atoms with E-state index in [0.29, 0.717) is 0 Å². The fraction of sp³-hybridized carbons (Fsp3) is 0.588. The molecule has 0 aliphatic rings. The third-order valence-electron chi connectivity index (χ3n) is 4.02. The summed E-state index contributed by atoms with van der Waals surface area (Å²) < 4.78 is 63.4. The summed E-state index contributed by atoms with van der Waals surface area (Å²) in [6, 6.07) is 4.12. The molecule has 0 saturated heterocycles. The van der Waals surface area contributed by atoms with Gasteiger partial charge in [-0.3, -0.25) is 9.10 Å². The Morgan fingerprint density at radius 3 is 2.35 bits per heavy atom. The highest BCUT2D eigenvalue weighted by molar-refractivity contribution is 7.92. The van der Waals surface area contributed by atoms with Crippen LogP contribution in [0.25, 0.3) is 0 Å². The highest BCUT2D eigenvalue weighted by Gasteiger charge is 2.31. The van der Waals surface area contributed by atoms with Crippen molar-refractivity contribution in [1.82, 2.24) is 5.32 Å². The molecule has 1 rings (SSSR count). The quantitative estimate of drug-likeness (QED) is 0.735. The van der Waals surface area contributed by atoms with E-state index in [2.05, 4.69) is 5.32 Å². The number of hydrogen-bond donors (Lipinski definition) is 1. The number of amides is 1. The van der Waals surface area contributed by atoms with Crippen molar-refractivity contribution in [2.24, 2.45) is 5.92 Å². The van der Waals surface area contributed by atoms with Gasteiger partial charge in [-0.05, 0) is 37.5 Å². The minimum absolute atomic E-state index is 0.0167. The SMILES string of the molecule is CC(C)[C@@H](C)NC(=O)CCCN(c1cccc(C(F)(F)F)c1)S(C)(=O)=O. The molecule has 1 aromatic carbocycles. The van der Waals surface area contributed by atoms with Crippen molar-refractivity contribution in [2.75, 3.05) is 17.1 Å². The number of carbonyl (C=O) groups is 1. The maximum Gasteiger partial charge on any atom is 0.416 e. The maximum absolute atomic E-state index is 12.9. The van der Waals surface area contributed by atoms with Crippen LogP contribution in [0.4, 0.5) is 18.9 Å². The maximum atomic E-state index is 12.9. The lowest BCUT2D eigenvalue weighted by atomic mass is 10.1. The van der Waals surface area contributed by atoms with Gasteiger partial charge in [0.2, 0.25) is 15.9 Å². The van der Waals surface area contributed by atoms with E-state index in [1.165, 1.54) is 6.07 Å². The van der Waals surface area contributed by atoms with Crippen LogP contribution in [0.5, 0.6) is 0 Å². The summed E-state index contributed by atoms with van der Waals surface area (Å²) in [5.41, 5.74) is -0.995. The Morgan fingerprint density at radius 1 is 1.23 bits per heavy atom. The Morgan fingerprint density at radius 2 is 1.85 bits per heavy atom. The number of hydrogen-bond acceptors (Lipinski definition) is 3. The van der Waals surface area contributed by atoms with E-state index in [9.17, 15) is 26.4 Å². The number of alkyl halides is 3. The predicted octanol–water partition coefficient (Wildman–Crippen LogP) is 3.41. The van der Waals surface area contributed by atoms with E-state index in [-0.39, 0.29) is 42.9 Å². The summed E-state index contributed by atoms with van der Waals surface area (Å²) in [5.74, 6) is 0.0419. The molecular formula is C17H25F3N2O3S. The fourth-order valence-corrected chi connectivity index (χ4v) is 3.16. The predicted molar refractivity (Wildman–Crippen MR) is 95.3 cm³/mol. The van der Waals surface area contributed by atoms with Crippen molar-refractivity contribution < 1.29 is 26.4 Å². The van der Waals surface area contributed by atoms with Gasteiger partial charge in [0.1, 0.15) is 0 Å². The number of nitrogens with zero attached hydrogens (tertiary/aromatic N) is 1. The standard InChI is InChI=1S/C17H25F3N2O3S/c1-12(2)13(3)21-16(23)9-6-10-22(26(4,24)25)15-8-5-7-14(11-15)17(18,19)20/h5,7-8,11-13H,6,9-10H2,1-4H3,(H,21,23)/t13-/m1/s1. The van der Waals surface area contributed by atoms with E-state index in [4.69, 9.17) is 0 Å². The molecule has 0 spiro atoms. The molecule has 0 unspecified atom stereocenters. The summed E-state index contributed by atoms with van der Waals surface area (Å²) in [5, 5.41) is 2.80. The third kappa shape index (κ3) is 6.86. The van der Waals surface area contributed by atoms with E-state index in [0.717, 1.165) is 28.8 Å². The number of sulfonamides is 1. The molecule has 5 nitrogen and oxygen atoms in total. The molecule has 1 N–H and O–H groups in total. The Hall–Kier alpha value is -1.77. The van der Waals surface area contributed by atoms with Gasteiger partial charge < -0.3 is 5.32 Å². The van der Waals surface area contributed by atoms with Crippen molar-refractivity contribution in [3.63, 3.8) is 0 Å². The Labute approximate surface area is 152 Å². The molecule has 1 atom stereocenters. The average Bonchev–Trinajstić information content (AvgIpc) is 2.49. The van der Waals surface area contributed by atoms with Crippen molar-refractivity contribution >= 4 is 21.6 Å². The smallest absolute Gasteiger partial charge is 0.353 e. The summed E-state index contributed by atoms with van der Waals surface area (Å²) >= 11 is 0. The highest BCUT2D eigenvalue weighted by atomic mass is 32.2. The molecule has 0 aliphatic carbocycles. The van der Waals surface area contributed by atoms with Crippen LogP contribution in [-0.2, 0) is 21.0 Å². The molecule has 1 amide bonds. The van der Waals surface area contributed by atoms with Gasteiger partial charge in [0.15, 0.2) is 0 Å². The van der Waals surface area contributed by atoms with Gasteiger partial charge in [0.25, 0.3) is 0 Å². The monoisotopic (exact) mass is 394 g/mol. The fourth-order valence-electron chi connectivity index (χ4n) is 2.20. The first-order valence-corrected chi connectivity index (χ1v) is 10.1. The molecule has 26 heavy (non-hydrogen) atoms. The molecule has 0 fully saturated rings. The molecule has 0 saturated carbocycles. The molecule has 0 radical (unpaired) electrons. The van der Waals surface area contributed by atoms with E-state index >= 15 is 0 Å². The normalized spacial score (nSPS) is 13.5. The Bertz CT molecular complexity index is 718. The molecule has 0 heterocycles. The zero-order valence-corrected chi connectivity index (χ0v) is 16.1.